The summed E-state index contributed by atoms with van der Waals surface area (Å²) < 4.78 is 16.6. The minimum absolute atomic E-state index is 0.0455. The summed E-state index contributed by atoms with van der Waals surface area (Å²) >= 11 is 1.32. The Bertz CT molecular complexity index is 1590. The van der Waals surface area contributed by atoms with Crippen LogP contribution in [-0.4, -0.2) is 26.0 Å². The van der Waals surface area contributed by atoms with Gasteiger partial charge in [0.2, 0.25) is 0 Å². The summed E-state index contributed by atoms with van der Waals surface area (Å²) in [5.74, 6) is 1.20. The molecule has 2 heterocycles. The van der Waals surface area contributed by atoms with Gasteiger partial charge in [0.15, 0.2) is 17.3 Å². The summed E-state index contributed by atoms with van der Waals surface area (Å²) in [5.41, 5.74) is 5.33. The van der Waals surface area contributed by atoms with Gasteiger partial charge in [-0.3, -0.25) is 4.79 Å². The van der Waals surface area contributed by atoms with Crippen molar-refractivity contribution in [3.8, 4) is 17.2 Å². The fourth-order valence-corrected chi connectivity index (χ4v) is 5.95. The number of rotatable bonds is 6. The predicted molar refractivity (Wildman–Crippen MR) is 156 cm³/mol. The summed E-state index contributed by atoms with van der Waals surface area (Å²) in [7, 11) is 3.18. The standard InChI is InChI=1S/C32H28N2O5S/c1-37-22-12-9-19(10-13-22)21-16-25-30(26(35)17-21)31(34-24-7-4-3-6-23(24)33-25)20-11-14-27(28(18-20)38-2)39-32(36)29-8-5-15-40-29/h3-15,18,21,31,33-34H,16-17H2,1-2H3/t21-,31+/m1/s1. The van der Waals surface area contributed by atoms with Crippen LogP contribution in [0.25, 0.3) is 0 Å². The van der Waals surface area contributed by atoms with Crippen molar-refractivity contribution in [2.75, 3.05) is 24.9 Å². The maximum atomic E-state index is 13.9. The molecule has 7 nitrogen and oxygen atoms in total. The highest BCUT2D eigenvalue weighted by molar-refractivity contribution is 7.12. The molecule has 3 aromatic carbocycles. The maximum Gasteiger partial charge on any atom is 0.353 e. The smallest absolute Gasteiger partial charge is 0.353 e. The van der Waals surface area contributed by atoms with E-state index < -0.39 is 12.0 Å². The second-order valence-electron chi connectivity index (χ2n) is 9.72. The zero-order chi connectivity index (χ0) is 27.6. The number of para-hydroxylation sites is 2. The Labute approximate surface area is 236 Å². The number of methoxy groups -OCH3 is 2. The van der Waals surface area contributed by atoms with Crippen LogP contribution in [0.15, 0.2) is 95.5 Å². The number of carbonyl (C=O) groups is 2. The zero-order valence-electron chi connectivity index (χ0n) is 22.1. The molecule has 0 bridgehead atoms. The molecule has 0 spiro atoms. The number of allylic oxidation sites excluding steroid dienone is 1. The molecular formula is C32H28N2O5S. The topological polar surface area (TPSA) is 85.9 Å². The molecule has 8 heteroatoms. The van der Waals surface area contributed by atoms with E-state index in [9.17, 15) is 9.59 Å². The van der Waals surface area contributed by atoms with Crippen molar-refractivity contribution in [2.24, 2.45) is 0 Å². The largest absolute Gasteiger partial charge is 0.497 e. The van der Waals surface area contributed by atoms with E-state index in [1.54, 1.807) is 25.3 Å². The van der Waals surface area contributed by atoms with Crippen LogP contribution in [-0.2, 0) is 4.79 Å². The molecule has 0 radical (unpaired) electrons. The molecule has 0 unspecified atom stereocenters. The highest BCUT2D eigenvalue weighted by Gasteiger charge is 2.36. The first-order chi connectivity index (χ1) is 19.5. The fourth-order valence-electron chi connectivity index (χ4n) is 5.35. The molecule has 6 rings (SSSR count). The monoisotopic (exact) mass is 552 g/mol. The number of anilines is 2. The lowest BCUT2D eigenvalue weighted by Crippen LogP contribution is -2.27. The number of fused-ring (bicyclic) bond motifs is 1. The molecule has 2 aliphatic rings. The van der Waals surface area contributed by atoms with Crippen LogP contribution in [0.2, 0.25) is 0 Å². The van der Waals surface area contributed by atoms with Crippen molar-refractivity contribution in [1.82, 2.24) is 0 Å². The summed E-state index contributed by atoms with van der Waals surface area (Å²) in [4.78, 5) is 26.9. The Balaban J connectivity index is 1.37. The SMILES string of the molecule is COc1ccc([C@H]2CC(=O)C3=C(C2)Nc2ccccc2N[C@H]3c2ccc(OC(=O)c3cccs3)c(OC)c2)cc1. The minimum Gasteiger partial charge on any atom is -0.497 e. The van der Waals surface area contributed by atoms with Crippen LogP contribution in [0.5, 0.6) is 17.2 Å². The molecule has 0 saturated heterocycles. The van der Waals surface area contributed by atoms with Gasteiger partial charge in [-0.15, -0.1) is 11.3 Å². The maximum absolute atomic E-state index is 13.9. The summed E-state index contributed by atoms with van der Waals surface area (Å²) in [6.07, 6.45) is 1.09. The van der Waals surface area contributed by atoms with Crippen molar-refractivity contribution in [1.29, 1.82) is 0 Å². The van der Waals surface area contributed by atoms with Crippen LogP contribution in [0.3, 0.4) is 0 Å². The highest BCUT2D eigenvalue weighted by atomic mass is 32.1. The van der Waals surface area contributed by atoms with Gasteiger partial charge in [-0.2, -0.15) is 0 Å². The van der Waals surface area contributed by atoms with Crippen LogP contribution in [0.4, 0.5) is 11.4 Å². The van der Waals surface area contributed by atoms with Gasteiger partial charge in [0.25, 0.3) is 0 Å². The molecule has 2 N–H and O–H groups in total. The summed E-state index contributed by atoms with van der Waals surface area (Å²) in [5, 5.41) is 8.98. The Morgan fingerprint density at radius 2 is 1.62 bits per heavy atom. The first-order valence-electron chi connectivity index (χ1n) is 13.0. The number of carbonyl (C=O) groups excluding carboxylic acids is 2. The lowest BCUT2D eigenvalue weighted by Gasteiger charge is -2.30. The molecule has 1 aliphatic carbocycles. The fraction of sp³-hybridized carbons (Fsp3) is 0.188. The van der Waals surface area contributed by atoms with Gasteiger partial charge in [-0.25, -0.2) is 4.79 Å². The highest BCUT2D eigenvalue weighted by Crippen LogP contribution is 2.45. The molecule has 0 fully saturated rings. The Morgan fingerprint density at radius 3 is 2.35 bits per heavy atom. The molecule has 202 valence electrons. The average Bonchev–Trinajstić information content (AvgIpc) is 3.47. The third-order valence-electron chi connectivity index (χ3n) is 7.34. The van der Waals surface area contributed by atoms with Gasteiger partial charge >= 0.3 is 5.97 Å². The Kier molecular flexibility index (Phi) is 7.00. The predicted octanol–water partition coefficient (Wildman–Crippen LogP) is 6.96. The van der Waals surface area contributed by atoms with Gasteiger partial charge in [-0.1, -0.05) is 36.4 Å². The van der Waals surface area contributed by atoms with Crippen molar-refractivity contribution >= 4 is 34.5 Å². The van der Waals surface area contributed by atoms with E-state index in [1.165, 1.54) is 18.4 Å². The number of hydrogen-bond acceptors (Lipinski definition) is 8. The molecular weight excluding hydrogens is 524 g/mol. The molecule has 0 saturated carbocycles. The third-order valence-corrected chi connectivity index (χ3v) is 8.19. The van der Waals surface area contributed by atoms with Crippen LogP contribution in [0, 0.1) is 0 Å². The average molecular weight is 553 g/mol. The van der Waals surface area contributed by atoms with E-state index >= 15 is 0 Å². The number of ketones is 1. The van der Waals surface area contributed by atoms with E-state index in [0.29, 0.717) is 34.8 Å². The van der Waals surface area contributed by atoms with E-state index in [0.717, 1.165) is 33.9 Å². The van der Waals surface area contributed by atoms with Crippen LogP contribution < -0.4 is 24.8 Å². The molecule has 4 aromatic rings. The number of ether oxygens (including phenoxy) is 3. The third kappa shape index (κ3) is 4.94. The molecule has 2 atom stereocenters. The molecule has 40 heavy (non-hydrogen) atoms. The minimum atomic E-state index is -0.441. The second-order valence-corrected chi connectivity index (χ2v) is 10.7. The van der Waals surface area contributed by atoms with E-state index in [2.05, 4.69) is 10.6 Å². The summed E-state index contributed by atoms with van der Waals surface area (Å²) in [6.45, 7) is 0. The molecule has 1 aromatic heterocycles. The van der Waals surface area contributed by atoms with Gasteiger partial charge in [-0.05, 0) is 71.3 Å². The van der Waals surface area contributed by atoms with Crippen molar-refractivity contribution in [2.45, 2.75) is 24.8 Å². The van der Waals surface area contributed by atoms with Gasteiger partial charge in [0, 0.05) is 17.7 Å². The van der Waals surface area contributed by atoms with Crippen LogP contribution in [0.1, 0.15) is 45.6 Å². The van der Waals surface area contributed by atoms with Crippen molar-refractivity contribution < 1.29 is 23.8 Å². The van der Waals surface area contributed by atoms with E-state index in [4.69, 9.17) is 14.2 Å². The summed E-state index contributed by atoms with van der Waals surface area (Å²) in [6, 6.07) is 24.4. The second kappa shape index (κ2) is 10.9. The first kappa shape index (κ1) is 25.7. The molecule has 0 amide bonds. The first-order valence-corrected chi connectivity index (χ1v) is 13.9. The van der Waals surface area contributed by atoms with Crippen LogP contribution >= 0.6 is 11.3 Å². The number of Topliss-reactive ketones (excluding diaryl/α,β-unsaturated/α-hetero) is 1. The van der Waals surface area contributed by atoms with Crippen molar-refractivity contribution in [3.05, 3.63) is 112 Å². The lowest BCUT2D eigenvalue weighted by molar-refractivity contribution is -0.116. The number of esters is 1. The lowest BCUT2D eigenvalue weighted by atomic mass is 9.78. The number of thiophene rings is 1. The van der Waals surface area contributed by atoms with Gasteiger partial charge < -0.3 is 24.8 Å². The van der Waals surface area contributed by atoms with E-state index in [1.807, 2.05) is 66.0 Å². The quantitative estimate of drug-likeness (QED) is 0.197. The van der Waals surface area contributed by atoms with E-state index in [-0.39, 0.29) is 11.7 Å². The zero-order valence-corrected chi connectivity index (χ0v) is 22.9. The Morgan fingerprint density at radius 1 is 0.850 bits per heavy atom. The van der Waals surface area contributed by atoms with Gasteiger partial charge in [0.1, 0.15) is 10.6 Å². The number of benzene rings is 3. The normalized spacial score (nSPS) is 18.0. The molecule has 1 aliphatic heterocycles. The van der Waals surface area contributed by atoms with Crippen molar-refractivity contribution in [3.63, 3.8) is 0 Å². The van der Waals surface area contributed by atoms with Gasteiger partial charge in [0.05, 0.1) is 31.6 Å². The number of nitrogens with one attached hydrogen (secondary N) is 2. The number of hydrogen-bond donors (Lipinski definition) is 2. The Hall–Kier alpha value is -4.56.